The van der Waals surface area contributed by atoms with Crippen LogP contribution < -0.4 is 0 Å². The first-order chi connectivity index (χ1) is 6.35. The van der Waals surface area contributed by atoms with Gasteiger partial charge in [-0.1, -0.05) is 15.9 Å². The Morgan fingerprint density at radius 1 is 1.43 bits per heavy atom. The van der Waals surface area contributed by atoms with Gasteiger partial charge in [-0.25, -0.2) is 13.2 Å². The topological polar surface area (TPSA) is 20.2 Å². The van der Waals surface area contributed by atoms with Gasteiger partial charge in [0.25, 0.3) is 6.43 Å². The van der Waals surface area contributed by atoms with E-state index >= 15 is 0 Å². The molecule has 0 aliphatic heterocycles. The van der Waals surface area contributed by atoms with Gasteiger partial charge < -0.3 is 5.11 Å². The van der Waals surface area contributed by atoms with Crippen LogP contribution in [-0.4, -0.2) is 11.5 Å². The van der Waals surface area contributed by atoms with Crippen molar-refractivity contribution in [3.05, 3.63) is 34.1 Å². The fraction of sp³-hybridized carbons (Fsp3) is 0.333. The van der Waals surface area contributed by atoms with E-state index in [9.17, 15) is 18.3 Å². The van der Waals surface area contributed by atoms with Crippen molar-refractivity contribution < 1.29 is 18.3 Å². The number of halogens is 4. The van der Waals surface area contributed by atoms with Gasteiger partial charge in [0, 0.05) is 10.0 Å². The third-order valence-electron chi connectivity index (χ3n) is 1.90. The van der Waals surface area contributed by atoms with Gasteiger partial charge in [-0.15, -0.1) is 0 Å². The summed E-state index contributed by atoms with van der Waals surface area (Å²) in [7, 11) is 0. The molecule has 0 spiro atoms. The van der Waals surface area contributed by atoms with Crippen molar-refractivity contribution in [1.29, 1.82) is 0 Å². The summed E-state index contributed by atoms with van der Waals surface area (Å²) in [6.07, 6.45) is -3.04. The average molecular weight is 269 g/mol. The van der Waals surface area contributed by atoms with Crippen LogP contribution in [0.1, 0.15) is 12.5 Å². The van der Waals surface area contributed by atoms with Crippen LogP contribution in [0.25, 0.3) is 0 Å². The minimum Gasteiger partial charge on any atom is -0.379 e. The number of benzene rings is 1. The molecule has 1 N–H and O–H groups in total. The summed E-state index contributed by atoms with van der Waals surface area (Å²) >= 11 is 3.02. The highest BCUT2D eigenvalue weighted by Crippen LogP contribution is 2.31. The number of rotatable bonds is 2. The van der Waals surface area contributed by atoms with Crippen LogP contribution in [0.5, 0.6) is 0 Å². The van der Waals surface area contributed by atoms with Gasteiger partial charge in [0.1, 0.15) is 5.82 Å². The molecule has 1 rings (SSSR count). The Hall–Kier alpha value is -0.550. The van der Waals surface area contributed by atoms with E-state index in [1.165, 1.54) is 6.07 Å². The first-order valence-electron chi connectivity index (χ1n) is 3.81. The van der Waals surface area contributed by atoms with E-state index in [1.54, 1.807) is 0 Å². The number of hydrogen-bond acceptors (Lipinski definition) is 1. The Balaban J connectivity index is 3.24. The van der Waals surface area contributed by atoms with E-state index in [-0.39, 0.29) is 0 Å². The third-order valence-corrected chi connectivity index (χ3v) is 2.39. The lowest BCUT2D eigenvalue weighted by atomic mass is 9.96. The molecule has 0 aromatic heterocycles. The maximum absolute atomic E-state index is 13.1. The van der Waals surface area contributed by atoms with Crippen LogP contribution in [-0.2, 0) is 5.60 Å². The number of alkyl halides is 2. The van der Waals surface area contributed by atoms with Crippen LogP contribution in [0, 0.1) is 5.82 Å². The number of hydrogen-bond donors (Lipinski definition) is 1. The molecule has 0 heterocycles. The Morgan fingerprint density at radius 2 is 2.00 bits per heavy atom. The molecule has 78 valence electrons. The van der Waals surface area contributed by atoms with Crippen LogP contribution in [0.4, 0.5) is 13.2 Å². The molecule has 0 bridgehead atoms. The molecule has 5 heteroatoms. The molecule has 1 aromatic rings. The molecule has 1 aromatic carbocycles. The predicted octanol–water partition coefficient (Wildman–Crippen LogP) is 3.06. The van der Waals surface area contributed by atoms with Crippen LogP contribution in [0.3, 0.4) is 0 Å². The second-order valence-corrected chi connectivity index (χ2v) is 3.99. The molecular weight excluding hydrogens is 261 g/mol. The summed E-state index contributed by atoms with van der Waals surface area (Å²) in [5.74, 6) is -0.849. The fourth-order valence-electron chi connectivity index (χ4n) is 1.00. The van der Waals surface area contributed by atoms with Gasteiger partial charge in [0.2, 0.25) is 0 Å². The predicted molar refractivity (Wildman–Crippen MR) is 49.7 cm³/mol. The zero-order valence-corrected chi connectivity index (χ0v) is 8.85. The molecule has 0 aliphatic carbocycles. The maximum Gasteiger partial charge on any atom is 0.270 e. The Morgan fingerprint density at radius 3 is 2.50 bits per heavy atom. The fourth-order valence-corrected chi connectivity index (χ4v) is 1.36. The highest BCUT2D eigenvalue weighted by Gasteiger charge is 2.36. The molecule has 14 heavy (non-hydrogen) atoms. The minimum absolute atomic E-state index is 0.415. The number of aliphatic hydroxyl groups is 1. The maximum atomic E-state index is 13.1. The molecule has 0 amide bonds. The smallest absolute Gasteiger partial charge is 0.270 e. The quantitative estimate of drug-likeness (QED) is 0.874. The van der Waals surface area contributed by atoms with Crippen LogP contribution in [0.15, 0.2) is 22.7 Å². The lowest BCUT2D eigenvalue weighted by Gasteiger charge is -2.23. The molecule has 0 saturated carbocycles. The molecular formula is C9H8BrF3O. The lowest BCUT2D eigenvalue weighted by molar-refractivity contribution is -0.0903. The van der Waals surface area contributed by atoms with Gasteiger partial charge in [0.05, 0.1) is 0 Å². The summed E-state index contributed by atoms with van der Waals surface area (Å²) in [5, 5.41) is 9.36. The molecule has 1 atom stereocenters. The summed E-state index contributed by atoms with van der Waals surface area (Å²) in [6.45, 7) is 0.878. The second-order valence-electron chi connectivity index (χ2n) is 3.07. The van der Waals surface area contributed by atoms with Gasteiger partial charge in [-0.3, -0.25) is 0 Å². The minimum atomic E-state index is -3.04. The average Bonchev–Trinajstić information content (AvgIpc) is 2.08. The van der Waals surface area contributed by atoms with Gasteiger partial charge >= 0.3 is 0 Å². The van der Waals surface area contributed by atoms with Gasteiger partial charge in [-0.05, 0) is 25.1 Å². The van der Waals surface area contributed by atoms with Gasteiger partial charge in [-0.2, -0.15) is 0 Å². The summed E-state index contributed by atoms with van der Waals surface area (Å²) < 4.78 is 38.3. The summed E-state index contributed by atoms with van der Waals surface area (Å²) in [6, 6.07) is 3.54. The zero-order chi connectivity index (χ0) is 10.9. The van der Waals surface area contributed by atoms with Crippen molar-refractivity contribution in [2.45, 2.75) is 19.0 Å². The van der Waals surface area contributed by atoms with Crippen molar-refractivity contribution in [3.63, 3.8) is 0 Å². The Kier molecular flexibility index (Phi) is 3.21. The first-order valence-corrected chi connectivity index (χ1v) is 4.61. The first kappa shape index (κ1) is 11.5. The standard InChI is InChI=1S/C9H8BrF3O/c1-9(14,8(12)13)6-4-5(10)2-3-7(6)11/h2-4,8,14H,1H3. The van der Waals surface area contributed by atoms with Crippen molar-refractivity contribution in [3.8, 4) is 0 Å². The van der Waals surface area contributed by atoms with E-state index < -0.39 is 23.4 Å². The van der Waals surface area contributed by atoms with E-state index in [1.807, 2.05) is 0 Å². The second kappa shape index (κ2) is 3.90. The highest BCUT2D eigenvalue weighted by atomic mass is 79.9. The van der Waals surface area contributed by atoms with E-state index in [2.05, 4.69) is 15.9 Å². The molecule has 0 radical (unpaired) electrons. The highest BCUT2D eigenvalue weighted by molar-refractivity contribution is 9.10. The molecule has 0 saturated heterocycles. The monoisotopic (exact) mass is 268 g/mol. The SMILES string of the molecule is CC(O)(c1cc(Br)ccc1F)C(F)F. The van der Waals surface area contributed by atoms with Crippen molar-refractivity contribution >= 4 is 15.9 Å². The van der Waals surface area contributed by atoms with Crippen LogP contribution >= 0.6 is 15.9 Å². The van der Waals surface area contributed by atoms with E-state index in [4.69, 9.17) is 0 Å². The Labute approximate surface area is 87.7 Å². The summed E-state index contributed by atoms with van der Waals surface area (Å²) in [4.78, 5) is 0. The van der Waals surface area contributed by atoms with E-state index in [0.717, 1.165) is 19.1 Å². The lowest BCUT2D eigenvalue weighted by Crippen LogP contribution is -2.31. The third kappa shape index (κ3) is 2.09. The largest absolute Gasteiger partial charge is 0.379 e. The Bertz CT molecular complexity index is 339. The summed E-state index contributed by atoms with van der Waals surface area (Å²) in [5.41, 5.74) is -2.88. The molecule has 0 fully saturated rings. The van der Waals surface area contributed by atoms with Crippen molar-refractivity contribution in [2.24, 2.45) is 0 Å². The van der Waals surface area contributed by atoms with Gasteiger partial charge in [0.15, 0.2) is 5.60 Å². The zero-order valence-electron chi connectivity index (χ0n) is 7.27. The molecule has 0 aliphatic rings. The van der Waals surface area contributed by atoms with Crippen molar-refractivity contribution in [1.82, 2.24) is 0 Å². The van der Waals surface area contributed by atoms with E-state index in [0.29, 0.717) is 4.47 Å². The van der Waals surface area contributed by atoms with Crippen LogP contribution in [0.2, 0.25) is 0 Å². The van der Waals surface area contributed by atoms with Crippen molar-refractivity contribution in [2.75, 3.05) is 0 Å². The normalized spacial score (nSPS) is 15.6. The molecule has 1 unspecified atom stereocenters. The molecule has 1 nitrogen and oxygen atoms in total.